The van der Waals surface area contributed by atoms with Crippen LogP contribution in [0.4, 0.5) is 17.1 Å². The van der Waals surface area contributed by atoms with Crippen LogP contribution in [0, 0.1) is 29.1 Å². The molecule has 0 radical (unpaired) electrons. The summed E-state index contributed by atoms with van der Waals surface area (Å²) in [7, 11) is 0. The van der Waals surface area contributed by atoms with Gasteiger partial charge in [-0.3, -0.25) is 0 Å². The minimum Gasteiger partial charge on any atom is -0.309 e. The Kier molecular flexibility index (Phi) is 9.51. The lowest BCUT2D eigenvalue weighted by Gasteiger charge is -2.92. The Morgan fingerprint density at radius 3 is 1.81 bits per heavy atom. The molecule has 1 heterocycles. The number of allylic oxidation sites excluding steroid dienone is 1. The minimum absolute atomic E-state index is 0.00900. The number of nitrogens with zero attached hydrogens (tertiary/aromatic N) is 2. The highest BCUT2D eigenvalue weighted by atomic mass is 15.2. The summed E-state index contributed by atoms with van der Waals surface area (Å²) in [5, 5.41) is 2.47. The molecule has 5 unspecified atom stereocenters. The van der Waals surface area contributed by atoms with Crippen molar-refractivity contribution in [3.8, 4) is 39.1 Å². The molecule has 4 saturated carbocycles. The van der Waals surface area contributed by atoms with Crippen molar-refractivity contribution in [2.45, 2.75) is 95.8 Å². The van der Waals surface area contributed by atoms with Gasteiger partial charge in [0.05, 0.1) is 28.1 Å². The number of hydrogen-bond acceptors (Lipinski definition) is 1. The smallest absolute Gasteiger partial charge is 0.0562 e. The van der Waals surface area contributed by atoms with Gasteiger partial charge in [0, 0.05) is 38.4 Å². The molecule has 2 nitrogen and oxygen atoms in total. The predicted octanol–water partition coefficient (Wildman–Crippen LogP) is 19.8. The van der Waals surface area contributed by atoms with Crippen molar-refractivity contribution in [2.24, 2.45) is 29.1 Å². The molecular formula is C76H68N2. The Balaban J connectivity index is 0.946. The maximum atomic E-state index is 2.68. The third kappa shape index (κ3) is 5.94. The lowest BCUT2D eigenvalue weighted by molar-refractivity contribution is -0.412. The highest BCUT2D eigenvalue weighted by Gasteiger charge is 2.90. The Morgan fingerprint density at radius 2 is 1.08 bits per heavy atom. The summed E-state index contributed by atoms with van der Waals surface area (Å²) in [5.74, 6) is 3.44. The largest absolute Gasteiger partial charge is 0.309 e. The third-order valence-corrected chi connectivity index (χ3v) is 21.1. The van der Waals surface area contributed by atoms with Crippen molar-refractivity contribution in [3.63, 3.8) is 0 Å². The first-order valence-electron chi connectivity index (χ1n) is 29.1. The first kappa shape index (κ1) is 46.4. The predicted molar refractivity (Wildman–Crippen MR) is 327 cm³/mol. The fourth-order valence-electron chi connectivity index (χ4n) is 17.5. The van der Waals surface area contributed by atoms with Crippen LogP contribution in [0.3, 0.4) is 0 Å². The second kappa shape index (κ2) is 16.0. The van der Waals surface area contributed by atoms with Gasteiger partial charge in [-0.2, -0.15) is 0 Å². The van der Waals surface area contributed by atoms with Crippen LogP contribution in [0.5, 0.6) is 0 Å². The van der Waals surface area contributed by atoms with Crippen LogP contribution < -0.4 is 4.90 Å². The molecule has 2 spiro atoms. The molecule has 6 aliphatic carbocycles. The number of para-hydroxylation sites is 4. The van der Waals surface area contributed by atoms with E-state index in [-0.39, 0.29) is 21.7 Å². The number of rotatable bonds is 7. The zero-order valence-corrected chi connectivity index (χ0v) is 46.2. The summed E-state index contributed by atoms with van der Waals surface area (Å²) in [5.41, 5.74) is 25.5. The first-order valence-corrected chi connectivity index (χ1v) is 29.1. The molecule has 9 aromatic carbocycles. The molecule has 4 fully saturated rings. The summed E-state index contributed by atoms with van der Waals surface area (Å²) < 4.78 is 2.47. The van der Waals surface area contributed by atoms with Crippen molar-refractivity contribution in [1.82, 2.24) is 4.57 Å². The van der Waals surface area contributed by atoms with Crippen LogP contribution in [0.1, 0.15) is 113 Å². The van der Waals surface area contributed by atoms with E-state index in [4.69, 9.17) is 0 Å². The van der Waals surface area contributed by atoms with E-state index in [1.807, 2.05) is 0 Å². The normalized spacial score (nSPS) is 24.8. The first-order chi connectivity index (χ1) is 37.8. The number of fused-ring (bicyclic) bond motifs is 11. The van der Waals surface area contributed by atoms with E-state index < -0.39 is 0 Å². The topological polar surface area (TPSA) is 8.17 Å². The van der Waals surface area contributed by atoms with E-state index in [1.165, 1.54) is 108 Å². The molecule has 78 heavy (non-hydrogen) atoms. The third-order valence-electron chi connectivity index (χ3n) is 21.1. The molecule has 2 heteroatoms. The summed E-state index contributed by atoms with van der Waals surface area (Å²) in [6, 6.07) is 77.4. The quantitative estimate of drug-likeness (QED) is 0.154. The Hall–Kier alpha value is -7.68. The number of benzene rings is 9. The molecule has 0 bridgehead atoms. The van der Waals surface area contributed by atoms with Crippen molar-refractivity contribution < 1.29 is 0 Å². The molecule has 0 amide bonds. The molecule has 6 aliphatic rings. The van der Waals surface area contributed by atoms with Crippen LogP contribution in [0.2, 0.25) is 0 Å². The highest BCUT2D eigenvalue weighted by Crippen LogP contribution is 2.95. The van der Waals surface area contributed by atoms with Crippen LogP contribution in [0.15, 0.2) is 206 Å². The fraction of sp³-hybridized carbons (Fsp3) is 0.263. The molecule has 0 N–H and O–H groups in total. The van der Waals surface area contributed by atoms with Gasteiger partial charge in [0.25, 0.3) is 0 Å². The molecular weight excluding hydrogens is 941 g/mol. The van der Waals surface area contributed by atoms with E-state index in [1.54, 1.807) is 11.1 Å². The summed E-state index contributed by atoms with van der Waals surface area (Å²) in [4.78, 5) is 2.65. The summed E-state index contributed by atoms with van der Waals surface area (Å²) in [6.07, 6.45) is 9.98. The Labute approximate surface area is 461 Å². The highest BCUT2D eigenvalue weighted by molar-refractivity contribution is 6.17. The van der Waals surface area contributed by atoms with Gasteiger partial charge in [0.2, 0.25) is 0 Å². The minimum atomic E-state index is -0.306. The van der Waals surface area contributed by atoms with Gasteiger partial charge in [-0.1, -0.05) is 212 Å². The lowest BCUT2D eigenvalue weighted by Crippen LogP contribution is -2.88. The second-order valence-corrected chi connectivity index (χ2v) is 26.6. The summed E-state index contributed by atoms with van der Waals surface area (Å²) in [6.45, 7) is 16.7. The van der Waals surface area contributed by atoms with Crippen LogP contribution in [-0.4, -0.2) is 4.57 Å². The average molecular weight is 1010 g/mol. The van der Waals surface area contributed by atoms with Gasteiger partial charge in [-0.15, -0.1) is 0 Å². The van der Waals surface area contributed by atoms with E-state index in [0.717, 1.165) is 47.2 Å². The zero-order chi connectivity index (χ0) is 52.7. The Bertz CT molecular complexity index is 4130. The number of hydrogen-bond donors (Lipinski definition) is 0. The maximum absolute atomic E-state index is 2.68. The van der Waals surface area contributed by atoms with Crippen molar-refractivity contribution >= 4 is 44.9 Å². The van der Waals surface area contributed by atoms with Crippen LogP contribution in [0.25, 0.3) is 66.9 Å². The molecule has 5 atom stereocenters. The van der Waals surface area contributed by atoms with Crippen molar-refractivity contribution in [3.05, 3.63) is 245 Å². The molecule has 10 aromatic rings. The number of aromatic nitrogens is 1. The summed E-state index contributed by atoms with van der Waals surface area (Å²) >= 11 is 0. The standard InChI is InChI=1S/C76H68N2/c1-72(2,3)49-41-50(73(4,5)6)43-51(42-49)74(7)39-21-23-47-22-19-30-59(71(47)74)58-28-13-17-33-64(58)78(67-36-20-35-66-70(67)60-29-14-18-34-65(60)77(66)54-24-9-8-10-25-54)63-32-16-12-26-55(63)48-37-38-57-56-27-11-15-31-61(56)76(62(57)40-48)68-45-52-44-53-46-69(76)75(52,53)68/h8-38,40-43,52-53,68-69H,39,44-46H2,1-7H3. The molecule has 16 rings (SSSR count). The maximum Gasteiger partial charge on any atom is 0.0562 e. The number of anilines is 3. The van der Waals surface area contributed by atoms with Gasteiger partial charge < -0.3 is 9.47 Å². The van der Waals surface area contributed by atoms with Gasteiger partial charge in [0.15, 0.2) is 0 Å². The van der Waals surface area contributed by atoms with E-state index in [9.17, 15) is 0 Å². The zero-order valence-electron chi connectivity index (χ0n) is 46.2. The fourth-order valence-corrected chi connectivity index (χ4v) is 17.5. The second-order valence-electron chi connectivity index (χ2n) is 26.6. The molecule has 1 aromatic heterocycles. The van der Waals surface area contributed by atoms with E-state index >= 15 is 0 Å². The van der Waals surface area contributed by atoms with Gasteiger partial charge >= 0.3 is 0 Å². The monoisotopic (exact) mass is 1010 g/mol. The van der Waals surface area contributed by atoms with Crippen molar-refractivity contribution in [1.29, 1.82) is 0 Å². The van der Waals surface area contributed by atoms with Crippen molar-refractivity contribution in [2.75, 3.05) is 4.90 Å². The Morgan fingerprint density at radius 1 is 0.487 bits per heavy atom. The van der Waals surface area contributed by atoms with Crippen LogP contribution in [-0.2, 0) is 21.7 Å². The van der Waals surface area contributed by atoms with Crippen LogP contribution >= 0.6 is 0 Å². The SMILES string of the molecule is CC(C)(C)c1cc(C(C)(C)C)cc(C2(C)CC=Cc3cccc(-c4ccccc4N(c4ccccc4-c4ccc5c(c4)C4(c6ccccc6-5)C5CC6CC7CC4C675)c4cccc5c4c4ccccc4n5-c4ccccc4)c32)c1. The lowest BCUT2D eigenvalue weighted by atomic mass is 9.11. The van der Waals surface area contributed by atoms with Gasteiger partial charge in [-0.05, 0) is 175 Å². The van der Waals surface area contributed by atoms with E-state index in [2.05, 4.69) is 270 Å². The van der Waals surface area contributed by atoms with Gasteiger partial charge in [-0.25, -0.2) is 0 Å². The van der Waals surface area contributed by atoms with E-state index in [0.29, 0.717) is 5.41 Å². The molecule has 0 aliphatic heterocycles. The van der Waals surface area contributed by atoms with Gasteiger partial charge in [0.1, 0.15) is 0 Å². The molecule has 382 valence electrons. The average Bonchev–Trinajstić information content (AvgIpc) is 1.03. The molecule has 0 saturated heterocycles.